The Morgan fingerprint density at radius 1 is 1.38 bits per heavy atom. The molecular weight excluding hydrogens is 166 g/mol. The highest BCUT2D eigenvalue weighted by atomic mass is 16.5. The molecule has 0 bridgehead atoms. The van der Waals surface area contributed by atoms with Crippen molar-refractivity contribution < 1.29 is 9.53 Å². The molecule has 1 atom stereocenters. The molecule has 1 rings (SSSR count). The molecular formula is C10H19NO2. The third-order valence-electron chi connectivity index (χ3n) is 2.51. The molecule has 0 aromatic heterocycles. The average molecular weight is 185 g/mol. The lowest BCUT2D eigenvalue weighted by Gasteiger charge is -2.28. The Kier molecular flexibility index (Phi) is 4.22. The van der Waals surface area contributed by atoms with Gasteiger partial charge in [-0.3, -0.25) is 4.79 Å². The molecule has 1 fully saturated rings. The smallest absolute Gasteiger partial charge is 0.227 e. The lowest BCUT2D eigenvalue weighted by Crippen LogP contribution is -2.40. The van der Waals surface area contributed by atoms with Crippen molar-refractivity contribution in [2.75, 3.05) is 26.8 Å². The van der Waals surface area contributed by atoms with E-state index in [-0.39, 0.29) is 11.8 Å². The number of hydrogen-bond acceptors (Lipinski definition) is 2. The van der Waals surface area contributed by atoms with Crippen LogP contribution in [0.4, 0.5) is 0 Å². The largest absolute Gasteiger partial charge is 0.384 e. The van der Waals surface area contributed by atoms with Crippen LogP contribution in [0.25, 0.3) is 0 Å². The topological polar surface area (TPSA) is 29.5 Å². The first-order valence-electron chi connectivity index (χ1n) is 5.03. The molecule has 13 heavy (non-hydrogen) atoms. The number of ether oxygens (including phenoxy) is 1. The number of rotatable bonds is 3. The van der Waals surface area contributed by atoms with Gasteiger partial charge in [-0.2, -0.15) is 0 Å². The van der Waals surface area contributed by atoms with Crippen molar-refractivity contribution in [1.29, 1.82) is 0 Å². The lowest BCUT2D eigenvalue weighted by molar-refractivity contribution is -0.137. The van der Waals surface area contributed by atoms with Gasteiger partial charge in [-0.1, -0.05) is 6.92 Å². The molecule has 1 aliphatic rings. The van der Waals surface area contributed by atoms with Gasteiger partial charge in [0, 0.05) is 20.2 Å². The molecule has 0 aliphatic carbocycles. The highest BCUT2D eigenvalue weighted by Crippen LogP contribution is 2.12. The van der Waals surface area contributed by atoms with E-state index in [0.29, 0.717) is 6.61 Å². The summed E-state index contributed by atoms with van der Waals surface area (Å²) in [5, 5.41) is 0. The summed E-state index contributed by atoms with van der Waals surface area (Å²) in [4.78, 5) is 13.7. The van der Waals surface area contributed by atoms with Gasteiger partial charge in [0.25, 0.3) is 0 Å². The summed E-state index contributed by atoms with van der Waals surface area (Å²) < 4.78 is 4.97. The van der Waals surface area contributed by atoms with Crippen LogP contribution in [0.3, 0.4) is 0 Å². The Morgan fingerprint density at radius 2 is 2.00 bits per heavy atom. The van der Waals surface area contributed by atoms with Gasteiger partial charge in [0.05, 0.1) is 12.5 Å². The van der Waals surface area contributed by atoms with Gasteiger partial charge in [-0.15, -0.1) is 0 Å². The highest BCUT2D eigenvalue weighted by Gasteiger charge is 2.21. The molecule has 0 unspecified atom stereocenters. The van der Waals surface area contributed by atoms with Crippen molar-refractivity contribution in [2.45, 2.75) is 26.2 Å². The van der Waals surface area contributed by atoms with Crippen molar-refractivity contribution in [2.24, 2.45) is 5.92 Å². The fraction of sp³-hybridized carbons (Fsp3) is 0.900. The summed E-state index contributed by atoms with van der Waals surface area (Å²) in [7, 11) is 1.64. The first kappa shape index (κ1) is 10.5. The minimum atomic E-state index is 0.0168. The zero-order valence-corrected chi connectivity index (χ0v) is 8.58. The van der Waals surface area contributed by atoms with Crippen molar-refractivity contribution in [3.8, 4) is 0 Å². The fourth-order valence-corrected chi connectivity index (χ4v) is 1.75. The second-order valence-corrected chi connectivity index (χ2v) is 3.74. The van der Waals surface area contributed by atoms with E-state index < -0.39 is 0 Å². The Balaban J connectivity index is 2.36. The molecule has 0 aromatic rings. The number of carbonyl (C=O) groups excluding carboxylic acids is 1. The van der Waals surface area contributed by atoms with E-state index in [9.17, 15) is 4.79 Å². The normalized spacial score (nSPS) is 20.0. The van der Waals surface area contributed by atoms with Crippen LogP contribution in [0, 0.1) is 5.92 Å². The van der Waals surface area contributed by atoms with E-state index in [2.05, 4.69) is 0 Å². The average Bonchev–Trinajstić information content (AvgIpc) is 2.18. The Bertz CT molecular complexity index is 164. The van der Waals surface area contributed by atoms with E-state index in [0.717, 1.165) is 25.9 Å². The van der Waals surface area contributed by atoms with E-state index in [1.54, 1.807) is 7.11 Å². The van der Waals surface area contributed by atoms with E-state index >= 15 is 0 Å². The Labute approximate surface area is 80.1 Å². The second-order valence-electron chi connectivity index (χ2n) is 3.74. The van der Waals surface area contributed by atoms with Crippen LogP contribution in [-0.4, -0.2) is 37.6 Å². The van der Waals surface area contributed by atoms with Crippen LogP contribution in [0.1, 0.15) is 26.2 Å². The second kappa shape index (κ2) is 5.22. The fourth-order valence-electron chi connectivity index (χ4n) is 1.75. The van der Waals surface area contributed by atoms with Crippen LogP contribution in [0.2, 0.25) is 0 Å². The number of methoxy groups -OCH3 is 1. The molecule has 1 saturated heterocycles. The lowest BCUT2D eigenvalue weighted by atomic mass is 10.1. The number of likely N-dealkylation sites (tertiary alicyclic amines) is 1. The quantitative estimate of drug-likeness (QED) is 0.663. The van der Waals surface area contributed by atoms with Gasteiger partial charge in [0.2, 0.25) is 5.91 Å². The summed E-state index contributed by atoms with van der Waals surface area (Å²) in [5.74, 6) is 0.268. The van der Waals surface area contributed by atoms with Crippen molar-refractivity contribution in [1.82, 2.24) is 4.90 Å². The zero-order valence-electron chi connectivity index (χ0n) is 8.58. The van der Waals surface area contributed by atoms with E-state index in [1.165, 1.54) is 6.42 Å². The van der Waals surface area contributed by atoms with Crippen molar-refractivity contribution in [3.05, 3.63) is 0 Å². The molecule has 1 heterocycles. The van der Waals surface area contributed by atoms with Crippen LogP contribution in [-0.2, 0) is 9.53 Å². The summed E-state index contributed by atoms with van der Waals surface area (Å²) >= 11 is 0. The van der Waals surface area contributed by atoms with Crippen molar-refractivity contribution in [3.63, 3.8) is 0 Å². The van der Waals surface area contributed by atoms with E-state index in [4.69, 9.17) is 4.74 Å². The van der Waals surface area contributed by atoms with Gasteiger partial charge in [-0.05, 0) is 19.3 Å². The maximum atomic E-state index is 11.7. The Morgan fingerprint density at radius 3 is 2.54 bits per heavy atom. The highest BCUT2D eigenvalue weighted by molar-refractivity contribution is 5.78. The van der Waals surface area contributed by atoms with Gasteiger partial charge < -0.3 is 9.64 Å². The SMILES string of the molecule is COC[C@H](C)C(=O)N1CCCCC1. The summed E-state index contributed by atoms with van der Waals surface area (Å²) in [6.07, 6.45) is 3.58. The number of hydrogen-bond donors (Lipinski definition) is 0. The third-order valence-corrected chi connectivity index (χ3v) is 2.51. The molecule has 3 heteroatoms. The maximum absolute atomic E-state index is 11.7. The number of piperidine rings is 1. The maximum Gasteiger partial charge on any atom is 0.227 e. The van der Waals surface area contributed by atoms with Gasteiger partial charge in [-0.25, -0.2) is 0 Å². The predicted molar refractivity (Wildman–Crippen MR) is 51.5 cm³/mol. The molecule has 0 radical (unpaired) electrons. The third kappa shape index (κ3) is 2.99. The standard InChI is InChI=1S/C10H19NO2/c1-9(8-13-2)10(12)11-6-4-3-5-7-11/h9H,3-8H2,1-2H3/t9-/m0/s1. The number of amides is 1. The Hall–Kier alpha value is -0.570. The summed E-state index contributed by atoms with van der Waals surface area (Å²) in [6.45, 7) is 4.34. The van der Waals surface area contributed by atoms with Gasteiger partial charge in [0.1, 0.15) is 0 Å². The molecule has 3 nitrogen and oxygen atoms in total. The van der Waals surface area contributed by atoms with Crippen LogP contribution in [0.15, 0.2) is 0 Å². The molecule has 1 amide bonds. The van der Waals surface area contributed by atoms with Gasteiger partial charge >= 0.3 is 0 Å². The molecule has 0 spiro atoms. The molecule has 1 aliphatic heterocycles. The molecule has 0 saturated carbocycles. The number of nitrogens with zero attached hydrogens (tertiary/aromatic N) is 1. The van der Waals surface area contributed by atoms with Crippen LogP contribution < -0.4 is 0 Å². The van der Waals surface area contributed by atoms with Crippen LogP contribution >= 0.6 is 0 Å². The molecule has 76 valence electrons. The minimum Gasteiger partial charge on any atom is -0.384 e. The molecule has 0 N–H and O–H groups in total. The van der Waals surface area contributed by atoms with Crippen LogP contribution in [0.5, 0.6) is 0 Å². The van der Waals surface area contributed by atoms with E-state index in [1.807, 2.05) is 11.8 Å². The monoisotopic (exact) mass is 185 g/mol. The number of carbonyl (C=O) groups is 1. The minimum absolute atomic E-state index is 0.0168. The first-order valence-corrected chi connectivity index (χ1v) is 5.03. The first-order chi connectivity index (χ1) is 6.25. The zero-order chi connectivity index (χ0) is 9.68. The predicted octanol–water partition coefficient (Wildman–Crippen LogP) is 1.28. The summed E-state index contributed by atoms with van der Waals surface area (Å²) in [5.41, 5.74) is 0. The van der Waals surface area contributed by atoms with Crippen molar-refractivity contribution >= 4 is 5.91 Å². The summed E-state index contributed by atoms with van der Waals surface area (Å²) in [6, 6.07) is 0. The van der Waals surface area contributed by atoms with Gasteiger partial charge in [0.15, 0.2) is 0 Å². The molecule has 0 aromatic carbocycles.